The van der Waals surface area contributed by atoms with Gasteiger partial charge >= 0.3 is 11.9 Å². The number of carbonyl (C=O) groups is 5. The summed E-state index contributed by atoms with van der Waals surface area (Å²) in [6.07, 6.45) is 0.708. The Kier molecular flexibility index (Phi) is 6.91. The lowest BCUT2D eigenvalue weighted by atomic mass is 10.1. The van der Waals surface area contributed by atoms with Crippen molar-refractivity contribution >= 4 is 41.2 Å². The molecule has 0 unspecified atom stereocenters. The van der Waals surface area contributed by atoms with E-state index >= 15 is 0 Å². The first-order valence-electron chi connectivity index (χ1n) is 11.0. The molecular formula is C25H21N3O8. The number of benzene rings is 2. The molecule has 0 radical (unpaired) electrons. The number of aromatic nitrogens is 1. The number of nitrogens with zero attached hydrogens (tertiary/aromatic N) is 2. The van der Waals surface area contributed by atoms with E-state index in [1.54, 1.807) is 6.92 Å². The van der Waals surface area contributed by atoms with Crippen LogP contribution in [0.4, 0.5) is 11.5 Å². The van der Waals surface area contributed by atoms with Gasteiger partial charge in [0.15, 0.2) is 12.4 Å². The molecule has 1 aromatic heterocycles. The molecule has 1 aliphatic rings. The molecule has 0 saturated carbocycles. The number of anilines is 2. The van der Waals surface area contributed by atoms with E-state index in [1.807, 2.05) is 6.92 Å². The topological polar surface area (TPSA) is 145 Å². The molecule has 0 atom stereocenters. The fourth-order valence-corrected chi connectivity index (χ4v) is 3.41. The van der Waals surface area contributed by atoms with Crippen LogP contribution in [0.1, 0.15) is 60.5 Å². The molecule has 0 spiro atoms. The van der Waals surface area contributed by atoms with Crippen molar-refractivity contribution in [1.82, 2.24) is 5.16 Å². The fourth-order valence-electron chi connectivity index (χ4n) is 3.41. The zero-order valence-corrected chi connectivity index (χ0v) is 19.4. The first-order chi connectivity index (χ1) is 17.3. The zero-order chi connectivity index (χ0) is 25.8. The molecule has 184 valence electrons. The summed E-state index contributed by atoms with van der Waals surface area (Å²) in [7, 11) is 0. The molecule has 11 heteroatoms. The third-order valence-electron chi connectivity index (χ3n) is 5.14. The van der Waals surface area contributed by atoms with Gasteiger partial charge < -0.3 is 19.3 Å². The van der Waals surface area contributed by atoms with Crippen LogP contribution in [0.3, 0.4) is 0 Å². The number of fused-ring (bicyclic) bond motifs is 1. The number of hydrogen-bond acceptors (Lipinski definition) is 9. The summed E-state index contributed by atoms with van der Waals surface area (Å²) >= 11 is 0. The Morgan fingerprint density at radius 1 is 0.917 bits per heavy atom. The van der Waals surface area contributed by atoms with Gasteiger partial charge in [-0.15, -0.1) is 0 Å². The van der Waals surface area contributed by atoms with Crippen LogP contribution in [0.5, 0.6) is 0 Å². The van der Waals surface area contributed by atoms with Crippen molar-refractivity contribution in [2.45, 2.75) is 20.3 Å². The van der Waals surface area contributed by atoms with Gasteiger partial charge in [0.1, 0.15) is 5.76 Å². The van der Waals surface area contributed by atoms with Crippen LogP contribution in [-0.4, -0.2) is 48.0 Å². The van der Waals surface area contributed by atoms with E-state index in [9.17, 15) is 24.0 Å². The molecule has 11 nitrogen and oxygen atoms in total. The van der Waals surface area contributed by atoms with Crippen molar-refractivity contribution in [2.24, 2.45) is 0 Å². The lowest BCUT2D eigenvalue weighted by Crippen LogP contribution is -2.29. The van der Waals surface area contributed by atoms with Gasteiger partial charge in [-0.2, -0.15) is 0 Å². The van der Waals surface area contributed by atoms with Crippen molar-refractivity contribution in [1.29, 1.82) is 0 Å². The van der Waals surface area contributed by atoms with E-state index in [-0.39, 0.29) is 22.5 Å². The van der Waals surface area contributed by atoms with Crippen molar-refractivity contribution in [3.63, 3.8) is 0 Å². The van der Waals surface area contributed by atoms with Crippen LogP contribution >= 0.6 is 0 Å². The normalized spacial score (nSPS) is 12.3. The molecule has 2 heterocycles. The number of carbonyl (C=O) groups excluding carboxylic acids is 5. The van der Waals surface area contributed by atoms with Crippen LogP contribution in [-0.2, 0) is 14.3 Å². The molecule has 0 fully saturated rings. The van der Waals surface area contributed by atoms with Crippen LogP contribution in [0.2, 0.25) is 0 Å². The Labute approximate surface area is 204 Å². The molecule has 3 amide bonds. The number of esters is 2. The predicted octanol–water partition coefficient (Wildman–Crippen LogP) is 3.15. The van der Waals surface area contributed by atoms with E-state index in [4.69, 9.17) is 14.0 Å². The van der Waals surface area contributed by atoms with Gasteiger partial charge in [-0.05, 0) is 55.8 Å². The second kappa shape index (κ2) is 10.2. The summed E-state index contributed by atoms with van der Waals surface area (Å²) in [4.78, 5) is 62.7. The first kappa shape index (κ1) is 24.3. The maximum absolute atomic E-state index is 12.8. The summed E-state index contributed by atoms with van der Waals surface area (Å²) in [5, 5.41) is 6.25. The number of nitrogens with one attached hydrogen (secondary N) is 1. The Morgan fingerprint density at radius 2 is 1.58 bits per heavy atom. The molecule has 36 heavy (non-hydrogen) atoms. The predicted molar refractivity (Wildman–Crippen MR) is 125 cm³/mol. The molecule has 2 aromatic carbocycles. The summed E-state index contributed by atoms with van der Waals surface area (Å²) in [5.41, 5.74) is 0.854. The monoisotopic (exact) mass is 491 g/mol. The second-order valence-corrected chi connectivity index (χ2v) is 7.84. The highest BCUT2D eigenvalue weighted by atomic mass is 16.5. The van der Waals surface area contributed by atoms with Gasteiger partial charge in [0.25, 0.3) is 17.7 Å². The first-order valence-corrected chi connectivity index (χ1v) is 11.0. The van der Waals surface area contributed by atoms with Gasteiger partial charge in [-0.1, -0.05) is 12.1 Å². The minimum atomic E-state index is -0.849. The number of amides is 3. The lowest BCUT2D eigenvalue weighted by molar-refractivity contribution is -0.119. The van der Waals surface area contributed by atoms with E-state index in [0.29, 0.717) is 30.0 Å². The van der Waals surface area contributed by atoms with Crippen molar-refractivity contribution in [2.75, 3.05) is 23.4 Å². The standard InChI is InChI=1S/C25H21N3O8/c1-3-10-34-24(32)15-4-7-17(8-5-15)26-21(29)13-35-25(33)16-6-9-18-19(12-16)23(31)28(22(18)30)20-11-14(2)36-27-20/h4-9,11-12H,3,10,13H2,1-2H3,(H,26,29). The van der Waals surface area contributed by atoms with E-state index < -0.39 is 36.3 Å². The third kappa shape index (κ3) is 4.99. The Morgan fingerprint density at radius 3 is 2.25 bits per heavy atom. The third-order valence-corrected chi connectivity index (χ3v) is 5.14. The van der Waals surface area contributed by atoms with Crippen LogP contribution in [0, 0.1) is 6.92 Å². The van der Waals surface area contributed by atoms with Gasteiger partial charge in [0.05, 0.1) is 28.9 Å². The smallest absolute Gasteiger partial charge is 0.338 e. The zero-order valence-electron chi connectivity index (χ0n) is 19.4. The molecular weight excluding hydrogens is 470 g/mol. The average Bonchev–Trinajstić information content (AvgIpc) is 3.41. The molecule has 1 N–H and O–H groups in total. The van der Waals surface area contributed by atoms with Crippen molar-refractivity contribution in [3.05, 3.63) is 76.5 Å². The summed E-state index contributed by atoms with van der Waals surface area (Å²) in [6.45, 7) is 3.24. The minimum Gasteiger partial charge on any atom is -0.462 e. The van der Waals surface area contributed by atoms with Crippen molar-refractivity contribution in [3.8, 4) is 0 Å². The minimum absolute atomic E-state index is 0.00386. The summed E-state index contributed by atoms with van der Waals surface area (Å²) in [5.74, 6) is -2.69. The molecule has 3 aromatic rings. The molecule has 4 rings (SSSR count). The Bertz CT molecular complexity index is 1360. The second-order valence-electron chi connectivity index (χ2n) is 7.84. The highest BCUT2D eigenvalue weighted by Gasteiger charge is 2.38. The van der Waals surface area contributed by atoms with Crippen LogP contribution in [0.25, 0.3) is 0 Å². The molecule has 0 bridgehead atoms. The highest BCUT2D eigenvalue weighted by Crippen LogP contribution is 2.29. The number of rotatable bonds is 8. The van der Waals surface area contributed by atoms with Gasteiger partial charge in [0, 0.05) is 11.8 Å². The maximum Gasteiger partial charge on any atom is 0.338 e. The van der Waals surface area contributed by atoms with Gasteiger partial charge in [-0.3, -0.25) is 14.4 Å². The van der Waals surface area contributed by atoms with Crippen molar-refractivity contribution < 1.29 is 38.0 Å². The SMILES string of the molecule is CCCOC(=O)c1ccc(NC(=O)COC(=O)c2ccc3c(c2)C(=O)N(c2cc(C)on2)C3=O)cc1. The average molecular weight is 491 g/mol. The fraction of sp³-hybridized carbons (Fsp3) is 0.200. The van der Waals surface area contributed by atoms with E-state index in [1.165, 1.54) is 48.5 Å². The van der Waals surface area contributed by atoms with Crippen LogP contribution in [0.15, 0.2) is 53.1 Å². The van der Waals surface area contributed by atoms with E-state index in [2.05, 4.69) is 10.5 Å². The Balaban J connectivity index is 1.35. The largest absolute Gasteiger partial charge is 0.462 e. The van der Waals surface area contributed by atoms with Gasteiger partial charge in [0.2, 0.25) is 0 Å². The summed E-state index contributed by atoms with van der Waals surface area (Å²) < 4.78 is 15.0. The quantitative estimate of drug-likeness (QED) is 0.371. The number of imide groups is 1. The number of aryl methyl sites for hydroxylation is 1. The lowest BCUT2D eigenvalue weighted by Gasteiger charge is -2.08. The van der Waals surface area contributed by atoms with E-state index in [0.717, 1.165) is 4.90 Å². The summed E-state index contributed by atoms with van der Waals surface area (Å²) in [6, 6.07) is 11.4. The van der Waals surface area contributed by atoms with Crippen LogP contribution < -0.4 is 10.2 Å². The highest BCUT2D eigenvalue weighted by molar-refractivity contribution is 6.34. The molecule has 0 aliphatic carbocycles. The van der Waals surface area contributed by atoms with Gasteiger partial charge in [-0.25, -0.2) is 14.5 Å². The maximum atomic E-state index is 12.8. The molecule has 0 saturated heterocycles. The number of ether oxygens (including phenoxy) is 2. The number of hydrogen-bond donors (Lipinski definition) is 1. The molecule has 1 aliphatic heterocycles. The Hall–Kier alpha value is -4.80.